The first kappa shape index (κ1) is 17.7. The van der Waals surface area contributed by atoms with Gasteiger partial charge < -0.3 is 10.2 Å². The lowest BCUT2D eigenvalue weighted by atomic mass is 9.84. The molecule has 2 aliphatic carbocycles. The first-order chi connectivity index (χ1) is 11.5. The molecule has 0 spiro atoms. The quantitative estimate of drug-likeness (QED) is 0.853. The Morgan fingerprint density at radius 1 is 1.04 bits per heavy atom. The zero-order chi connectivity index (χ0) is 17.3. The summed E-state index contributed by atoms with van der Waals surface area (Å²) in [4.78, 5) is 28.4. The number of carbonyl (C=O) groups is 2. The lowest BCUT2D eigenvalue weighted by molar-refractivity contribution is -0.128. The Hall–Kier alpha value is -1.10. The van der Waals surface area contributed by atoms with Gasteiger partial charge in [-0.3, -0.25) is 14.5 Å². The molecule has 1 N–H and O–H groups in total. The van der Waals surface area contributed by atoms with E-state index >= 15 is 0 Å². The van der Waals surface area contributed by atoms with Crippen LogP contribution in [0.15, 0.2) is 0 Å². The fourth-order valence-electron chi connectivity index (χ4n) is 5.16. The normalized spacial score (nSPS) is 33.1. The monoisotopic (exact) mass is 335 g/mol. The maximum absolute atomic E-state index is 12.7. The molecule has 0 aromatic heterocycles. The molecule has 1 aliphatic heterocycles. The van der Waals surface area contributed by atoms with Gasteiger partial charge in [0.25, 0.3) is 0 Å². The molecule has 5 atom stereocenters. The first-order valence-corrected chi connectivity index (χ1v) is 9.75. The van der Waals surface area contributed by atoms with Crippen molar-refractivity contribution < 1.29 is 9.59 Å². The van der Waals surface area contributed by atoms with Gasteiger partial charge in [0, 0.05) is 39.1 Å². The molecule has 136 valence electrons. The Morgan fingerprint density at radius 2 is 1.83 bits per heavy atom. The fourth-order valence-corrected chi connectivity index (χ4v) is 5.16. The van der Waals surface area contributed by atoms with E-state index in [1.54, 1.807) is 6.92 Å². The van der Waals surface area contributed by atoms with Gasteiger partial charge in [0.1, 0.15) is 0 Å². The Labute approximate surface area is 146 Å². The molecule has 3 fully saturated rings. The van der Waals surface area contributed by atoms with Crippen LogP contribution in [0.3, 0.4) is 0 Å². The van der Waals surface area contributed by atoms with Crippen molar-refractivity contribution in [2.75, 3.05) is 26.2 Å². The largest absolute Gasteiger partial charge is 0.352 e. The van der Waals surface area contributed by atoms with Crippen molar-refractivity contribution in [1.29, 1.82) is 0 Å². The smallest absolute Gasteiger partial charge is 0.237 e. The van der Waals surface area contributed by atoms with Crippen molar-refractivity contribution in [2.24, 2.45) is 17.8 Å². The summed E-state index contributed by atoms with van der Waals surface area (Å²) in [5.41, 5.74) is 0. The lowest BCUT2D eigenvalue weighted by Gasteiger charge is -2.32. The topological polar surface area (TPSA) is 52.7 Å². The zero-order valence-electron chi connectivity index (χ0n) is 15.5. The van der Waals surface area contributed by atoms with E-state index in [-0.39, 0.29) is 23.9 Å². The molecule has 5 heteroatoms. The molecule has 3 rings (SSSR count). The number of hydrogen-bond donors (Lipinski definition) is 1. The van der Waals surface area contributed by atoms with E-state index in [1.165, 1.54) is 25.7 Å². The second kappa shape index (κ2) is 7.42. The van der Waals surface area contributed by atoms with Crippen LogP contribution in [0, 0.1) is 17.8 Å². The third kappa shape index (κ3) is 3.76. The van der Waals surface area contributed by atoms with Gasteiger partial charge in [0.05, 0.1) is 6.04 Å². The predicted octanol–water partition coefficient (Wildman–Crippen LogP) is 1.87. The van der Waals surface area contributed by atoms with Crippen LogP contribution >= 0.6 is 0 Å². The average molecular weight is 335 g/mol. The van der Waals surface area contributed by atoms with Crippen molar-refractivity contribution in [3.8, 4) is 0 Å². The number of nitrogens with one attached hydrogen (secondary N) is 1. The zero-order valence-corrected chi connectivity index (χ0v) is 15.5. The molecule has 0 radical (unpaired) electrons. The maximum Gasteiger partial charge on any atom is 0.237 e. The summed E-state index contributed by atoms with van der Waals surface area (Å²) in [7, 11) is 0. The molecule has 1 heterocycles. The van der Waals surface area contributed by atoms with Gasteiger partial charge in [-0.1, -0.05) is 6.42 Å². The minimum absolute atomic E-state index is 0.113. The number of fused-ring (bicyclic) bond motifs is 2. The van der Waals surface area contributed by atoms with Crippen LogP contribution < -0.4 is 5.32 Å². The first-order valence-electron chi connectivity index (χ1n) is 9.75. The molecule has 3 aliphatic rings. The molecule has 1 saturated heterocycles. The third-order valence-electron chi connectivity index (χ3n) is 6.71. The number of amides is 2. The molecular formula is C19H33N3O2. The van der Waals surface area contributed by atoms with Crippen molar-refractivity contribution in [3.63, 3.8) is 0 Å². The van der Waals surface area contributed by atoms with Crippen LogP contribution in [-0.4, -0.2) is 59.9 Å². The number of carbonyl (C=O) groups excluding carboxylic acids is 2. The van der Waals surface area contributed by atoms with Crippen molar-refractivity contribution in [2.45, 2.75) is 65.0 Å². The summed E-state index contributed by atoms with van der Waals surface area (Å²) in [6, 6.07) is 0.175. The van der Waals surface area contributed by atoms with Gasteiger partial charge in [-0.15, -0.1) is 0 Å². The van der Waals surface area contributed by atoms with E-state index in [9.17, 15) is 9.59 Å². The van der Waals surface area contributed by atoms with E-state index in [0.717, 1.165) is 44.4 Å². The van der Waals surface area contributed by atoms with Crippen molar-refractivity contribution in [1.82, 2.24) is 15.1 Å². The standard InChI is InChI=1S/C19H33N3O2/c1-13(18-12-16-5-6-17(18)11-16)20-19(24)14(2)21-7-4-8-22(10-9-21)15(3)23/h13-14,16-18H,4-12H2,1-3H3,(H,20,24)/t13-,14+,16-,17-,18-/m0/s1. The Bertz CT molecular complexity index is 481. The molecule has 2 amide bonds. The van der Waals surface area contributed by atoms with E-state index in [4.69, 9.17) is 0 Å². The minimum atomic E-state index is -0.113. The van der Waals surface area contributed by atoms with Crippen LogP contribution in [0.1, 0.15) is 52.9 Å². The fraction of sp³-hybridized carbons (Fsp3) is 0.895. The highest BCUT2D eigenvalue weighted by atomic mass is 16.2. The molecule has 2 bridgehead atoms. The van der Waals surface area contributed by atoms with E-state index < -0.39 is 0 Å². The summed E-state index contributed by atoms with van der Waals surface area (Å²) in [5, 5.41) is 3.30. The van der Waals surface area contributed by atoms with Crippen LogP contribution in [0.4, 0.5) is 0 Å². The maximum atomic E-state index is 12.7. The van der Waals surface area contributed by atoms with Crippen molar-refractivity contribution >= 4 is 11.8 Å². The summed E-state index contributed by atoms with van der Waals surface area (Å²) >= 11 is 0. The summed E-state index contributed by atoms with van der Waals surface area (Å²) in [6.07, 6.45) is 6.39. The number of rotatable bonds is 4. The molecule has 0 aromatic carbocycles. The van der Waals surface area contributed by atoms with Crippen molar-refractivity contribution in [3.05, 3.63) is 0 Å². The Balaban J connectivity index is 1.50. The highest BCUT2D eigenvalue weighted by Gasteiger charge is 2.42. The Morgan fingerprint density at radius 3 is 2.46 bits per heavy atom. The van der Waals surface area contributed by atoms with Gasteiger partial charge in [0.2, 0.25) is 11.8 Å². The van der Waals surface area contributed by atoms with Crippen LogP contribution in [-0.2, 0) is 9.59 Å². The van der Waals surface area contributed by atoms with E-state index in [1.807, 2.05) is 11.8 Å². The lowest BCUT2D eigenvalue weighted by Crippen LogP contribution is -2.50. The molecular weight excluding hydrogens is 302 g/mol. The SMILES string of the molecule is CC(=O)N1CCCN([C@H](C)C(=O)N[C@@H](C)[C@@H]2C[C@H]3CC[C@H]2C3)CC1. The van der Waals surface area contributed by atoms with Gasteiger partial charge in [-0.05, 0) is 57.3 Å². The van der Waals surface area contributed by atoms with E-state index in [0.29, 0.717) is 5.92 Å². The van der Waals surface area contributed by atoms with E-state index in [2.05, 4.69) is 17.1 Å². The molecule has 24 heavy (non-hydrogen) atoms. The minimum Gasteiger partial charge on any atom is -0.352 e. The summed E-state index contributed by atoms with van der Waals surface area (Å²) in [5.74, 6) is 2.72. The van der Waals surface area contributed by atoms with Gasteiger partial charge in [-0.2, -0.15) is 0 Å². The molecule has 0 aromatic rings. The molecule has 0 unspecified atom stereocenters. The molecule has 5 nitrogen and oxygen atoms in total. The predicted molar refractivity (Wildman–Crippen MR) is 94.4 cm³/mol. The molecule has 2 saturated carbocycles. The second-order valence-corrected chi connectivity index (χ2v) is 8.21. The number of nitrogens with zero attached hydrogens (tertiary/aromatic N) is 2. The Kier molecular flexibility index (Phi) is 5.48. The van der Waals surface area contributed by atoms with Gasteiger partial charge in [-0.25, -0.2) is 0 Å². The van der Waals surface area contributed by atoms with Crippen LogP contribution in [0.5, 0.6) is 0 Å². The van der Waals surface area contributed by atoms with Gasteiger partial charge in [0.15, 0.2) is 0 Å². The number of hydrogen-bond acceptors (Lipinski definition) is 3. The third-order valence-corrected chi connectivity index (χ3v) is 6.71. The highest BCUT2D eigenvalue weighted by Crippen LogP contribution is 2.49. The van der Waals surface area contributed by atoms with Gasteiger partial charge >= 0.3 is 0 Å². The average Bonchev–Trinajstić information content (AvgIpc) is 3.09. The summed E-state index contributed by atoms with van der Waals surface area (Å²) in [6.45, 7) is 9.04. The van der Waals surface area contributed by atoms with Crippen LogP contribution in [0.25, 0.3) is 0 Å². The highest BCUT2D eigenvalue weighted by molar-refractivity contribution is 5.81. The second-order valence-electron chi connectivity index (χ2n) is 8.21. The van der Waals surface area contributed by atoms with Crippen LogP contribution in [0.2, 0.25) is 0 Å². The summed E-state index contributed by atoms with van der Waals surface area (Å²) < 4.78 is 0.